The third-order valence-electron chi connectivity index (χ3n) is 4.30. The number of hydrogen-bond donors (Lipinski definition) is 1. The Balaban J connectivity index is 2.55. The predicted molar refractivity (Wildman–Crippen MR) is 103 cm³/mol. The zero-order valence-corrected chi connectivity index (χ0v) is 17.6. The molecule has 0 bridgehead atoms. The van der Waals surface area contributed by atoms with Crippen molar-refractivity contribution in [3.8, 4) is 0 Å². The van der Waals surface area contributed by atoms with Crippen LogP contribution in [0.15, 0.2) is 0 Å². The number of esters is 1. The van der Waals surface area contributed by atoms with Gasteiger partial charge in [-0.3, -0.25) is 28.6 Å². The van der Waals surface area contributed by atoms with Crippen LogP contribution in [0.5, 0.6) is 0 Å². The Labute approximate surface area is 160 Å². The Hall–Kier alpha value is -0.490. The molecule has 0 aromatic carbocycles. The minimum atomic E-state index is -0.181. The van der Waals surface area contributed by atoms with Crippen molar-refractivity contribution in [3.05, 3.63) is 0 Å². The average Bonchev–Trinajstić information content (AvgIpc) is 2.62. The summed E-state index contributed by atoms with van der Waals surface area (Å²) in [6.45, 7) is 9.01. The molecular formula is C16H32N4O4P2. The predicted octanol–water partition coefficient (Wildman–Crippen LogP) is 1.34. The minimum absolute atomic E-state index is 0.0945. The van der Waals surface area contributed by atoms with Gasteiger partial charge in [-0.1, -0.05) is 13.3 Å². The Morgan fingerprint density at radius 3 is 2.04 bits per heavy atom. The van der Waals surface area contributed by atoms with Gasteiger partial charge in [-0.25, -0.2) is 0 Å². The number of rotatable bonds is 9. The van der Waals surface area contributed by atoms with Crippen LogP contribution in [0.3, 0.4) is 0 Å². The van der Waals surface area contributed by atoms with Crippen molar-refractivity contribution < 1.29 is 18.7 Å². The quantitative estimate of drug-likeness (QED) is 0.349. The number of carbonyl (C=O) groups excluding carboxylic acids is 1. The normalized spacial score (nSPS) is 19.9. The van der Waals surface area contributed by atoms with Gasteiger partial charge in [0.15, 0.2) is 16.9 Å². The van der Waals surface area contributed by atoms with Gasteiger partial charge >= 0.3 is 5.97 Å². The molecule has 0 aromatic rings. The van der Waals surface area contributed by atoms with Gasteiger partial charge in [0.1, 0.15) is 0 Å². The van der Waals surface area contributed by atoms with Crippen molar-refractivity contribution in [1.29, 1.82) is 0 Å². The zero-order valence-electron chi connectivity index (χ0n) is 15.8. The van der Waals surface area contributed by atoms with E-state index in [9.17, 15) is 13.9 Å². The molecule has 0 unspecified atom stereocenters. The van der Waals surface area contributed by atoms with Gasteiger partial charge in [0, 0.05) is 52.4 Å². The second-order valence-electron chi connectivity index (χ2n) is 6.38. The van der Waals surface area contributed by atoms with E-state index >= 15 is 0 Å². The highest BCUT2D eigenvalue weighted by Gasteiger charge is 2.16. The fourth-order valence-electron chi connectivity index (χ4n) is 2.66. The fourth-order valence-corrected chi connectivity index (χ4v) is 3.56. The Bertz CT molecular complexity index is 418. The summed E-state index contributed by atoms with van der Waals surface area (Å²) in [5.41, 5.74) is 0. The van der Waals surface area contributed by atoms with E-state index in [0.29, 0.717) is 19.2 Å². The largest absolute Gasteiger partial charge is 0.465 e. The maximum absolute atomic E-state index is 12.0. The first-order valence-electron chi connectivity index (χ1n) is 9.31. The van der Waals surface area contributed by atoms with E-state index in [2.05, 4.69) is 26.9 Å². The van der Waals surface area contributed by atoms with Gasteiger partial charge in [0.2, 0.25) is 0 Å². The Morgan fingerprint density at radius 2 is 1.46 bits per heavy atom. The molecule has 1 fully saturated rings. The summed E-state index contributed by atoms with van der Waals surface area (Å²) >= 11 is 0. The molecule has 1 rings (SSSR count). The Kier molecular flexibility index (Phi) is 14.1. The molecule has 0 aromatic heterocycles. The molecule has 0 spiro atoms. The van der Waals surface area contributed by atoms with E-state index in [1.165, 1.54) is 0 Å². The maximum Gasteiger partial charge on any atom is 0.320 e. The van der Waals surface area contributed by atoms with Crippen LogP contribution in [0.25, 0.3) is 0 Å². The number of nitrogens with zero attached hydrogens (tertiary/aromatic N) is 3. The van der Waals surface area contributed by atoms with Crippen LogP contribution in [0.2, 0.25) is 0 Å². The van der Waals surface area contributed by atoms with Crippen molar-refractivity contribution >= 4 is 22.9 Å². The highest BCUT2D eigenvalue weighted by atomic mass is 31.1. The molecular weight excluding hydrogens is 374 g/mol. The second kappa shape index (κ2) is 15.6. The molecule has 0 radical (unpaired) electrons. The number of unbranched alkanes of at least 4 members (excludes halogenated alkanes) is 1. The molecule has 1 N–H and O–H groups in total. The SMILES string of the molecule is CCCCOC(=O)CN1CCNCCN(CP=O)CCN(CP=O)CC1. The zero-order chi connectivity index (χ0) is 19.0. The van der Waals surface area contributed by atoms with Gasteiger partial charge in [0.25, 0.3) is 0 Å². The van der Waals surface area contributed by atoms with Crippen LogP contribution in [-0.4, -0.2) is 98.8 Å². The van der Waals surface area contributed by atoms with E-state index < -0.39 is 0 Å². The molecule has 0 atom stereocenters. The Morgan fingerprint density at radius 1 is 0.923 bits per heavy atom. The molecule has 1 aliphatic heterocycles. The molecule has 8 nitrogen and oxygen atoms in total. The molecule has 26 heavy (non-hydrogen) atoms. The van der Waals surface area contributed by atoms with Crippen molar-refractivity contribution in [3.63, 3.8) is 0 Å². The summed E-state index contributed by atoms with van der Waals surface area (Å²) in [4.78, 5) is 18.3. The van der Waals surface area contributed by atoms with Crippen LogP contribution in [-0.2, 0) is 18.7 Å². The van der Waals surface area contributed by atoms with E-state index in [0.717, 1.165) is 65.2 Å². The second-order valence-corrected chi connectivity index (χ2v) is 7.46. The fraction of sp³-hybridized carbons (Fsp3) is 0.938. The van der Waals surface area contributed by atoms with Crippen molar-refractivity contribution in [2.75, 3.05) is 78.1 Å². The number of carbonyl (C=O) groups is 1. The molecule has 0 saturated carbocycles. The highest BCUT2D eigenvalue weighted by molar-refractivity contribution is 7.23. The highest BCUT2D eigenvalue weighted by Crippen LogP contribution is 2.04. The molecule has 1 heterocycles. The van der Waals surface area contributed by atoms with Gasteiger partial charge in [-0.2, -0.15) is 0 Å². The molecule has 0 aliphatic carbocycles. The minimum Gasteiger partial charge on any atom is -0.465 e. The molecule has 1 saturated heterocycles. The lowest BCUT2D eigenvalue weighted by Gasteiger charge is -2.29. The van der Waals surface area contributed by atoms with Crippen LogP contribution >= 0.6 is 16.9 Å². The van der Waals surface area contributed by atoms with Gasteiger partial charge < -0.3 is 10.1 Å². The summed E-state index contributed by atoms with van der Waals surface area (Å²) in [5.74, 6) is -0.181. The first-order chi connectivity index (χ1) is 12.7. The molecule has 150 valence electrons. The first kappa shape index (κ1) is 23.5. The summed E-state index contributed by atoms with van der Waals surface area (Å²) in [5, 5.41) is 3.38. The van der Waals surface area contributed by atoms with Crippen LogP contribution in [0.4, 0.5) is 0 Å². The van der Waals surface area contributed by atoms with Crippen LogP contribution < -0.4 is 5.32 Å². The summed E-state index contributed by atoms with van der Waals surface area (Å²) in [6, 6.07) is 0. The van der Waals surface area contributed by atoms with Gasteiger partial charge in [-0.15, -0.1) is 0 Å². The lowest BCUT2D eigenvalue weighted by atomic mass is 10.3. The van der Waals surface area contributed by atoms with Crippen LogP contribution in [0, 0.1) is 0 Å². The first-order valence-corrected chi connectivity index (χ1v) is 11.3. The van der Waals surface area contributed by atoms with Gasteiger partial charge in [-0.05, 0) is 6.42 Å². The van der Waals surface area contributed by atoms with E-state index in [1.807, 2.05) is 0 Å². The monoisotopic (exact) mass is 406 g/mol. The van der Waals surface area contributed by atoms with Gasteiger partial charge in [0.05, 0.1) is 25.7 Å². The lowest BCUT2D eigenvalue weighted by Crippen LogP contribution is -2.45. The third-order valence-corrected chi connectivity index (χ3v) is 5.33. The summed E-state index contributed by atoms with van der Waals surface area (Å²) in [6.07, 6.45) is 2.88. The van der Waals surface area contributed by atoms with Crippen molar-refractivity contribution in [2.45, 2.75) is 19.8 Å². The average molecular weight is 406 g/mol. The number of ether oxygens (including phenoxy) is 1. The van der Waals surface area contributed by atoms with E-state index in [-0.39, 0.29) is 29.4 Å². The smallest absolute Gasteiger partial charge is 0.320 e. The van der Waals surface area contributed by atoms with Crippen molar-refractivity contribution in [1.82, 2.24) is 20.0 Å². The molecule has 1 aliphatic rings. The van der Waals surface area contributed by atoms with Crippen molar-refractivity contribution in [2.24, 2.45) is 0 Å². The molecule has 10 heteroatoms. The summed E-state index contributed by atoms with van der Waals surface area (Å²) < 4.78 is 27.2. The lowest BCUT2D eigenvalue weighted by molar-refractivity contribution is -0.145. The maximum atomic E-state index is 12.0. The van der Waals surface area contributed by atoms with E-state index in [4.69, 9.17) is 4.74 Å². The van der Waals surface area contributed by atoms with E-state index in [1.54, 1.807) is 0 Å². The third kappa shape index (κ3) is 11.3. The number of hydrogen-bond acceptors (Lipinski definition) is 8. The standard InChI is InChI=1S/C16H32N4O4P2/c1-2-3-12-24-16(21)13-18-6-4-17-5-7-19(14-25-22)10-11-20(9-8-18)15-26-23/h17H,2-15H2,1H3. The topological polar surface area (TPSA) is 82.2 Å². The summed E-state index contributed by atoms with van der Waals surface area (Å²) in [7, 11) is 0.219. The number of nitrogens with one attached hydrogen (secondary N) is 1. The molecule has 0 amide bonds. The van der Waals surface area contributed by atoms with Crippen LogP contribution in [0.1, 0.15) is 19.8 Å².